The Morgan fingerprint density at radius 3 is 2.85 bits per heavy atom. The molecule has 0 aliphatic carbocycles. The van der Waals surface area contributed by atoms with Crippen molar-refractivity contribution in [3.63, 3.8) is 0 Å². The Balaban J connectivity index is 0.00000243. The van der Waals surface area contributed by atoms with Crippen LogP contribution in [0.4, 0.5) is 0 Å². The summed E-state index contributed by atoms with van der Waals surface area (Å²) in [5.41, 5.74) is 0. The largest absolute Gasteiger partial charge is 0.376 e. The third-order valence-electron chi connectivity index (χ3n) is 4.79. The summed E-state index contributed by atoms with van der Waals surface area (Å²) in [4.78, 5) is 7.23. The maximum Gasteiger partial charge on any atom is 0.194 e. The van der Waals surface area contributed by atoms with E-state index in [-0.39, 0.29) is 28.7 Å². The van der Waals surface area contributed by atoms with Crippen LogP contribution in [0.2, 0.25) is 0 Å². The van der Waals surface area contributed by atoms with Crippen molar-refractivity contribution in [2.75, 3.05) is 32.0 Å². The van der Waals surface area contributed by atoms with Crippen LogP contribution >= 0.6 is 35.7 Å². The van der Waals surface area contributed by atoms with E-state index >= 15 is 0 Å². The van der Waals surface area contributed by atoms with Crippen LogP contribution in [0.1, 0.15) is 38.3 Å². The van der Waals surface area contributed by atoms with E-state index in [1.54, 1.807) is 0 Å². The first-order valence-electron chi connectivity index (χ1n) is 9.08. The van der Waals surface area contributed by atoms with Gasteiger partial charge >= 0.3 is 0 Å². The number of halogens is 1. The molecule has 1 aromatic heterocycles. The molecule has 1 unspecified atom stereocenters. The van der Waals surface area contributed by atoms with Gasteiger partial charge in [-0.25, -0.2) is 4.99 Å². The van der Waals surface area contributed by atoms with Gasteiger partial charge in [0.05, 0.1) is 6.10 Å². The minimum absolute atomic E-state index is 0. The van der Waals surface area contributed by atoms with Gasteiger partial charge < -0.3 is 19.5 Å². The lowest BCUT2D eigenvalue weighted by Crippen LogP contribution is -2.52. The van der Waals surface area contributed by atoms with Crippen LogP contribution in [0, 0.1) is 6.92 Å². The molecule has 2 saturated heterocycles. The van der Waals surface area contributed by atoms with Crippen LogP contribution in [0.15, 0.2) is 4.99 Å². The van der Waals surface area contributed by atoms with Crippen molar-refractivity contribution in [2.45, 2.75) is 51.0 Å². The standard InChI is InChI=1S/C17H30N6OS.HI/c1-13-20-21-15(22(13)4)11-19-16(18-10-14-6-5-8-24-14)23-7-9-25-17(2,3)12-23;/h14H,5-12H2,1-4H3,(H,18,19);1H. The topological polar surface area (TPSA) is 67.6 Å². The Morgan fingerprint density at radius 2 is 2.23 bits per heavy atom. The van der Waals surface area contributed by atoms with Crippen molar-refractivity contribution in [3.8, 4) is 0 Å². The van der Waals surface area contributed by atoms with E-state index < -0.39 is 0 Å². The molecule has 1 atom stereocenters. The number of aliphatic imine (C=N–C) groups is 1. The molecule has 0 bridgehead atoms. The predicted molar refractivity (Wildman–Crippen MR) is 117 cm³/mol. The van der Waals surface area contributed by atoms with Crippen LogP contribution in [0.3, 0.4) is 0 Å². The van der Waals surface area contributed by atoms with Crippen molar-refractivity contribution in [1.29, 1.82) is 0 Å². The monoisotopic (exact) mass is 494 g/mol. The molecule has 2 fully saturated rings. The van der Waals surface area contributed by atoms with Gasteiger partial charge in [-0.05, 0) is 33.6 Å². The van der Waals surface area contributed by atoms with Crippen molar-refractivity contribution in [2.24, 2.45) is 12.0 Å². The zero-order chi connectivity index (χ0) is 17.9. The average Bonchev–Trinajstić information content (AvgIpc) is 3.19. The summed E-state index contributed by atoms with van der Waals surface area (Å²) in [7, 11) is 1.99. The summed E-state index contributed by atoms with van der Waals surface area (Å²) in [6.45, 7) is 10.8. The van der Waals surface area contributed by atoms with Crippen LogP contribution in [-0.2, 0) is 18.3 Å². The second-order valence-corrected chi connectivity index (χ2v) is 9.21. The highest BCUT2D eigenvalue weighted by molar-refractivity contribution is 14.0. The van der Waals surface area contributed by atoms with E-state index in [1.165, 1.54) is 0 Å². The van der Waals surface area contributed by atoms with E-state index in [0.717, 1.165) is 62.4 Å². The second-order valence-electron chi connectivity index (χ2n) is 7.41. The molecule has 7 nitrogen and oxygen atoms in total. The summed E-state index contributed by atoms with van der Waals surface area (Å²) in [5.74, 6) is 3.88. The quantitative estimate of drug-likeness (QED) is 0.394. The van der Waals surface area contributed by atoms with Gasteiger partial charge in [0, 0.05) is 43.8 Å². The number of rotatable bonds is 4. The lowest BCUT2D eigenvalue weighted by molar-refractivity contribution is 0.113. The molecule has 3 rings (SSSR count). The maximum absolute atomic E-state index is 5.75. The van der Waals surface area contributed by atoms with Gasteiger partial charge in [0.1, 0.15) is 12.4 Å². The van der Waals surface area contributed by atoms with Gasteiger partial charge in [-0.1, -0.05) is 0 Å². The van der Waals surface area contributed by atoms with Crippen molar-refractivity contribution in [3.05, 3.63) is 11.6 Å². The average molecular weight is 494 g/mol. The van der Waals surface area contributed by atoms with Crippen LogP contribution in [0.5, 0.6) is 0 Å². The molecule has 2 aliphatic heterocycles. The van der Waals surface area contributed by atoms with Gasteiger partial charge in [0.15, 0.2) is 11.8 Å². The van der Waals surface area contributed by atoms with Crippen molar-refractivity contribution in [1.82, 2.24) is 25.0 Å². The Bertz CT molecular complexity index is 614. The zero-order valence-electron chi connectivity index (χ0n) is 16.2. The SMILES string of the molecule is Cc1nnc(CN=C(NCC2CCCO2)N2CCSC(C)(C)C2)n1C.I. The van der Waals surface area contributed by atoms with E-state index in [4.69, 9.17) is 9.73 Å². The zero-order valence-corrected chi connectivity index (χ0v) is 19.3. The first-order valence-corrected chi connectivity index (χ1v) is 10.1. The maximum atomic E-state index is 5.75. The summed E-state index contributed by atoms with van der Waals surface area (Å²) in [5, 5.41) is 11.9. The molecular formula is C17H31IN6OS. The van der Waals surface area contributed by atoms with Gasteiger partial charge in [0.2, 0.25) is 0 Å². The molecule has 0 saturated carbocycles. The summed E-state index contributed by atoms with van der Waals surface area (Å²) >= 11 is 2.03. The molecule has 3 heterocycles. The number of nitrogens with one attached hydrogen (secondary N) is 1. The number of guanidine groups is 1. The van der Waals surface area contributed by atoms with E-state index in [9.17, 15) is 0 Å². The highest BCUT2D eigenvalue weighted by Gasteiger charge is 2.29. The molecular weight excluding hydrogens is 463 g/mol. The normalized spacial score (nSPS) is 23.0. The molecule has 0 spiro atoms. The second kappa shape index (κ2) is 9.59. The van der Waals surface area contributed by atoms with Crippen molar-refractivity contribution >= 4 is 41.7 Å². The van der Waals surface area contributed by atoms with Crippen molar-refractivity contribution < 1.29 is 4.74 Å². The minimum atomic E-state index is 0. The Hall–Kier alpha value is -0.550. The molecule has 148 valence electrons. The molecule has 26 heavy (non-hydrogen) atoms. The number of nitrogens with zero attached hydrogens (tertiary/aromatic N) is 5. The van der Waals surface area contributed by atoms with Gasteiger partial charge in [-0.2, -0.15) is 11.8 Å². The fourth-order valence-electron chi connectivity index (χ4n) is 3.21. The fourth-order valence-corrected chi connectivity index (χ4v) is 4.32. The molecule has 9 heteroatoms. The van der Waals surface area contributed by atoms with Crippen LogP contribution in [0.25, 0.3) is 0 Å². The molecule has 2 aliphatic rings. The van der Waals surface area contributed by atoms with E-state index in [1.807, 2.05) is 30.3 Å². The van der Waals surface area contributed by atoms with E-state index in [0.29, 0.717) is 12.6 Å². The highest BCUT2D eigenvalue weighted by Crippen LogP contribution is 2.29. The fraction of sp³-hybridized carbons (Fsp3) is 0.824. The molecule has 1 N–H and O–H groups in total. The molecule has 0 amide bonds. The molecule has 0 aromatic carbocycles. The number of hydrogen-bond acceptors (Lipinski definition) is 5. The van der Waals surface area contributed by atoms with Crippen LogP contribution in [-0.4, -0.2) is 68.5 Å². The van der Waals surface area contributed by atoms with E-state index in [2.05, 4.69) is 34.3 Å². The number of aromatic nitrogens is 3. The first-order chi connectivity index (χ1) is 11.9. The molecule has 0 radical (unpaired) electrons. The first kappa shape index (κ1) is 21.7. The lowest BCUT2D eigenvalue weighted by Gasteiger charge is -2.39. The van der Waals surface area contributed by atoms with Gasteiger partial charge in [-0.15, -0.1) is 34.2 Å². The molecule has 1 aromatic rings. The Kier molecular flexibility index (Phi) is 8.02. The van der Waals surface area contributed by atoms with Gasteiger partial charge in [-0.3, -0.25) is 0 Å². The summed E-state index contributed by atoms with van der Waals surface area (Å²) in [6, 6.07) is 0. The van der Waals surface area contributed by atoms with Crippen LogP contribution < -0.4 is 5.32 Å². The third kappa shape index (κ3) is 5.72. The highest BCUT2D eigenvalue weighted by atomic mass is 127. The third-order valence-corrected chi connectivity index (χ3v) is 6.09. The smallest absolute Gasteiger partial charge is 0.194 e. The number of thioether (sulfide) groups is 1. The summed E-state index contributed by atoms with van der Waals surface area (Å²) in [6.07, 6.45) is 2.59. The number of hydrogen-bond donors (Lipinski definition) is 1. The summed E-state index contributed by atoms with van der Waals surface area (Å²) < 4.78 is 7.99. The lowest BCUT2D eigenvalue weighted by atomic mass is 10.2. The minimum Gasteiger partial charge on any atom is -0.376 e. The van der Waals surface area contributed by atoms with Gasteiger partial charge in [0.25, 0.3) is 0 Å². The number of aryl methyl sites for hydroxylation is 1. The number of ether oxygens (including phenoxy) is 1. The Labute approximate surface area is 177 Å². The Morgan fingerprint density at radius 1 is 1.42 bits per heavy atom. The predicted octanol–water partition coefficient (Wildman–Crippen LogP) is 2.19.